The third-order valence-electron chi connectivity index (χ3n) is 1.75. The summed E-state index contributed by atoms with van der Waals surface area (Å²) >= 11 is 0. The van der Waals surface area contributed by atoms with Gasteiger partial charge in [-0.3, -0.25) is 9.35 Å². The Morgan fingerprint density at radius 2 is 1.92 bits per heavy atom. The number of carbonyl (C=O) groups is 1. The maximum atomic E-state index is 10.7. The topological polar surface area (TPSA) is 91.7 Å². The number of aliphatic carboxylic acids is 1. The van der Waals surface area contributed by atoms with E-state index in [1.54, 1.807) is 6.92 Å². The van der Waals surface area contributed by atoms with Gasteiger partial charge >= 0.3 is 5.97 Å². The zero-order valence-corrected chi connectivity index (χ0v) is 7.76. The van der Waals surface area contributed by atoms with Gasteiger partial charge in [0.1, 0.15) is 0 Å². The highest BCUT2D eigenvalue weighted by molar-refractivity contribution is 7.88. The monoisotopic (exact) mass is 196 g/mol. The van der Waals surface area contributed by atoms with Crippen LogP contribution in [0.25, 0.3) is 0 Å². The van der Waals surface area contributed by atoms with Crippen LogP contribution < -0.4 is 0 Å². The van der Waals surface area contributed by atoms with E-state index in [2.05, 4.69) is 0 Å². The van der Waals surface area contributed by atoms with E-state index in [0.717, 1.165) is 6.92 Å². The molecule has 0 aliphatic rings. The number of rotatable bonds is 4. The minimum absolute atomic E-state index is 0.0961. The largest absolute Gasteiger partial charge is 0.480 e. The van der Waals surface area contributed by atoms with E-state index < -0.39 is 20.8 Å². The second-order valence-corrected chi connectivity index (χ2v) is 4.61. The summed E-state index contributed by atoms with van der Waals surface area (Å²) in [7, 11) is -4.53. The lowest BCUT2D eigenvalue weighted by atomic mass is 10.1. The van der Waals surface area contributed by atoms with Crippen LogP contribution in [0, 0.1) is 0 Å². The average molecular weight is 196 g/mol. The van der Waals surface area contributed by atoms with Crippen LogP contribution in [-0.4, -0.2) is 28.8 Å². The Kier molecular flexibility index (Phi) is 3.23. The molecule has 12 heavy (non-hydrogen) atoms. The van der Waals surface area contributed by atoms with E-state index >= 15 is 0 Å². The van der Waals surface area contributed by atoms with Gasteiger partial charge in [-0.15, -0.1) is 0 Å². The lowest BCUT2D eigenvalue weighted by Gasteiger charge is -2.19. The molecule has 5 nitrogen and oxygen atoms in total. The molecule has 0 aromatic carbocycles. The SMILES string of the molecule is CCCC(C)(C(=O)O)S(=O)(=O)O. The molecule has 0 radical (unpaired) electrons. The first-order chi connectivity index (χ1) is 5.25. The minimum Gasteiger partial charge on any atom is -0.480 e. The summed E-state index contributed by atoms with van der Waals surface area (Å²) in [5.74, 6) is -1.52. The quantitative estimate of drug-likeness (QED) is 0.639. The number of carboxylic acids is 1. The molecule has 0 amide bonds. The summed E-state index contributed by atoms with van der Waals surface area (Å²) in [6, 6.07) is 0. The second kappa shape index (κ2) is 3.40. The summed E-state index contributed by atoms with van der Waals surface area (Å²) in [6.45, 7) is 2.64. The molecule has 0 saturated carbocycles. The Hall–Kier alpha value is -0.620. The van der Waals surface area contributed by atoms with E-state index in [0.29, 0.717) is 6.42 Å². The summed E-state index contributed by atoms with van der Waals surface area (Å²) in [4.78, 5) is 10.5. The van der Waals surface area contributed by atoms with Crippen molar-refractivity contribution in [1.82, 2.24) is 0 Å². The maximum absolute atomic E-state index is 10.7. The normalized spacial score (nSPS) is 16.9. The Morgan fingerprint density at radius 3 is 2.00 bits per heavy atom. The lowest BCUT2D eigenvalue weighted by Crippen LogP contribution is -2.43. The van der Waals surface area contributed by atoms with E-state index in [1.165, 1.54) is 0 Å². The third kappa shape index (κ3) is 1.95. The molecule has 0 aliphatic heterocycles. The lowest BCUT2D eigenvalue weighted by molar-refractivity contribution is -0.140. The van der Waals surface area contributed by atoms with Gasteiger partial charge in [0.25, 0.3) is 10.1 Å². The molecule has 1 atom stereocenters. The maximum Gasteiger partial charge on any atom is 0.327 e. The summed E-state index contributed by atoms with van der Waals surface area (Å²) in [5.41, 5.74) is 0. The average Bonchev–Trinajstić information content (AvgIpc) is 1.85. The molecule has 1 unspecified atom stereocenters. The van der Waals surface area contributed by atoms with Crippen molar-refractivity contribution in [3.05, 3.63) is 0 Å². The van der Waals surface area contributed by atoms with Crippen LogP contribution in [0.1, 0.15) is 26.7 Å². The van der Waals surface area contributed by atoms with E-state index in [4.69, 9.17) is 9.66 Å². The molecular formula is C6H12O5S. The van der Waals surface area contributed by atoms with E-state index in [1.807, 2.05) is 0 Å². The Labute approximate surface area is 71.1 Å². The zero-order valence-electron chi connectivity index (χ0n) is 6.94. The number of carboxylic acid groups (broad SMARTS) is 1. The van der Waals surface area contributed by atoms with Crippen molar-refractivity contribution in [3.63, 3.8) is 0 Å². The van der Waals surface area contributed by atoms with Crippen molar-refractivity contribution in [2.45, 2.75) is 31.4 Å². The van der Waals surface area contributed by atoms with Gasteiger partial charge in [0, 0.05) is 0 Å². The molecule has 0 aliphatic carbocycles. The van der Waals surface area contributed by atoms with Crippen molar-refractivity contribution in [2.24, 2.45) is 0 Å². The van der Waals surface area contributed by atoms with Crippen molar-refractivity contribution >= 4 is 16.1 Å². The van der Waals surface area contributed by atoms with Gasteiger partial charge in [0.05, 0.1) is 0 Å². The van der Waals surface area contributed by atoms with Gasteiger partial charge in [-0.25, -0.2) is 0 Å². The van der Waals surface area contributed by atoms with Crippen LogP contribution in [0.15, 0.2) is 0 Å². The standard InChI is InChI=1S/C6H12O5S/c1-3-4-6(2,5(7)8)12(9,10)11/h3-4H2,1-2H3,(H,7,8)(H,9,10,11). The molecule has 6 heteroatoms. The Morgan fingerprint density at radius 1 is 1.50 bits per heavy atom. The molecule has 0 heterocycles. The molecule has 72 valence electrons. The Balaban J connectivity index is 5.02. The fourth-order valence-corrected chi connectivity index (χ4v) is 1.51. The highest BCUT2D eigenvalue weighted by atomic mass is 32.2. The van der Waals surface area contributed by atoms with Crippen LogP contribution in [0.5, 0.6) is 0 Å². The first-order valence-electron chi connectivity index (χ1n) is 3.46. The first-order valence-corrected chi connectivity index (χ1v) is 4.90. The van der Waals surface area contributed by atoms with Crippen LogP contribution in [0.4, 0.5) is 0 Å². The molecule has 0 aromatic heterocycles. The molecule has 0 aromatic rings. The molecule has 0 fully saturated rings. The summed E-state index contributed by atoms with van der Waals surface area (Å²) in [6.07, 6.45) is 0.282. The summed E-state index contributed by atoms with van der Waals surface area (Å²) in [5, 5.41) is 8.56. The highest BCUT2D eigenvalue weighted by Crippen LogP contribution is 2.22. The molecular weight excluding hydrogens is 184 g/mol. The predicted molar refractivity (Wildman–Crippen MR) is 42.5 cm³/mol. The van der Waals surface area contributed by atoms with Crippen molar-refractivity contribution in [1.29, 1.82) is 0 Å². The van der Waals surface area contributed by atoms with Gasteiger partial charge in [-0.2, -0.15) is 8.42 Å². The fourth-order valence-electron chi connectivity index (χ4n) is 0.823. The number of hydrogen-bond acceptors (Lipinski definition) is 3. The molecule has 0 spiro atoms. The number of hydrogen-bond donors (Lipinski definition) is 2. The molecule has 2 N–H and O–H groups in total. The van der Waals surface area contributed by atoms with Gasteiger partial charge in [-0.05, 0) is 13.3 Å². The van der Waals surface area contributed by atoms with Crippen LogP contribution in [0.2, 0.25) is 0 Å². The fraction of sp³-hybridized carbons (Fsp3) is 0.833. The Bertz CT molecular complexity index is 268. The zero-order chi connectivity index (χ0) is 9.99. The van der Waals surface area contributed by atoms with Crippen LogP contribution in [0.3, 0.4) is 0 Å². The van der Waals surface area contributed by atoms with Gasteiger partial charge < -0.3 is 5.11 Å². The van der Waals surface area contributed by atoms with Crippen molar-refractivity contribution in [3.8, 4) is 0 Å². The van der Waals surface area contributed by atoms with E-state index in [-0.39, 0.29) is 6.42 Å². The van der Waals surface area contributed by atoms with Gasteiger partial charge in [-0.1, -0.05) is 13.3 Å². The molecule has 0 rings (SSSR count). The third-order valence-corrected chi connectivity index (χ3v) is 3.27. The van der Waals surface area contributed by atoms with Crippen molar-refractivity contribution in [2.75, 3.05) is 0 Å². The minimum atomic E-state index is -4.53. The van der Waals surface area contributed by atoms with E-state index in [9.17, 15) is 13.2 Å². The van der Waals surface area contributed by atoms with Crippen molar-refractivity contribution < 1.29 is 22.9 Å². The van der Waals surface area contributed by atoms with Crippen LogP contribution >= 0.6 is 0 Å². The van der Waals surface area contributed by atoms with Crippen LogP contribution in [-0.2, 0) is 14.9 Å². The predicted octanol–water partition coefficient (Wildman–Crippen LogP) is 0.518. The second-order valence-electron chi connectivity index (χ2n) is 2.76. The van der Waals surface area contributed by atoms with Gasteiger partial charge in [0.2, 0.25) is 0 Å². The molecule has 0 bridgehead atoms. The smallest absolute Gasteiger partial charge is 0.327 e. The molecule has 0 saturated heterocycles. The summed E-state index contributed by atoms with van der Waals surface area (Å²) < 4.78 is 27.9. The van der Waals surface area contributed by atoms with Gasteiger partial charge in [0.15, 0.2) is 4.75 Å². The highest BCUT2D eigenvalue weighted by Gasteiger charge is 2.44. The first kappa shape index (κ1) is 11.4.